The summed E-state index contributed by atoms with van der Waals surface area (Å²) in [6.45, 7) is 18.9. The lowest BCUT2D eigenvalue weighted by Crippen LogP contribution is -2.31. The van der Waals surface area contributed by atoms with E-state index in [9.17, 15) is 9.59 Å². The Kier molecular flexibility index (Phi) is 18.1. The average molecular weight is 974 g/mol. The lowest BCUT2D eigenvalue weighted by atomic mass is 9.99. The van der Waals surface area contributed by atoms with Crippen LogP contribution in [-0.2, 0) is 0 Å². The summed E-state index contributed by atoms with van der Waals surface area (Å²) in [5.74, 6) is 5.73. The number of nitrogens with one attached hydrogen (secondary N) is 5. The molecular weight excluding hydrogens is 905 g/mol. The summed E-state index contributed by atoms with van der Waals surface area (Å²) in [7, 11) is 0. The predicted octanol–water partition coefficient (Wildman–Crippen LogP) is 11.1. The topological polar surface area (TPSA) is 175 Å². The second-order valence-corrected chi connectivity index (χ2v) is 18.6. The summed E-state index contributed by atoms with van der Waals surface area (Å²) >= 11 is 0. The lowest BCUT2D eigenvalue weighted by Gasteiger charge is -2.18. The number of fused-ring (bicyclic) bond motifs is 2. The van der Waals surface area contributed by atoms with Gasteiger partial charge in [-0.3, -0.25) is 9.59 Å². The van der Waals surface area contributed by atoms with Crippen molar-refractivity contribution in [1.29, 1.82) is 0 Å². The van der Waals surface area contributed by atoms with E-state index in [1.165, 1.54) is 0 Å². The number of benzene rings is 5. The third kappa shape index (κ3) is 13.7. The number of amides is 2. The van der Waals surface area contributed by atoms with Crippen LogP contribution in [0.15, 0.2) is 125 Å². The van der Waals surface area contributed by atoms with Gasteiger partial charge in [-0.1, -0.05) is 67.0 Å². The molecule has 9 N–H and O–H groups in total. The number of carbonyl (C=O) groups excluding carboxylic acids is 2. The van der Waals surface area contributed by atoms with Gasteiger partial charge in [0.05, 0.1) is 17.1 Å². The molecule has 0 spiro atoms. The first-order valence-corrected chi connectivity index (χ1v) is 25.3. The first-order valence-electron chi connectivity index (χ1n) is 25.3. The molecule has 0 aliphatic heterocycles. The molecular formula is C61H69N10O2+. The molecule has 0 atom stereocenters. The van der Waals surface area contributed by atoms with Gasteiger partial charge in [0.1, 0.15) is 11.0 Å². The Bertz CT molecular complexity index is 3250. The fourth-order valence-corrected chi connectivity index (χ4v) is 8.68. The molecule has 0 bridgehead atoms. The number of anilines is 4. The highest BCUT2D eigenvalue weighted by Gasteiger charge is 2.20. The van der Waals surface area contributed by atoms with Crippen LogP contribution in [0.1, 0.15) is 110 Å². The molecule has 0 saturated heterocycles. The third-order valence-electron chi connectivity index (χ3n) is 13.0. The van der Waals surface area contributed by atoms with Gasteiger partial charge in [-0.2, -0.15) is 0 Å². The number of rotatable bonds is 21. The Morgan fingerprint density at radius 2 is 1.15 bits per heavy atom. The largest absolute Gasteiger partial charge is 0.398 e. The van der Waals surface area contributed by atoms with E-state index in [4.69, 9.17) is 21.4 Å². The summed E-state index contributed by atoms with van der Waals surface area (Å²) < 4.78 is 1.98. The van der Waals surface area contributed by atoms with Gasteiger partial charge in [0.2, 0.25) is 17.1 Å². The molecule has 374 valence electrons. The molecule has 7 rings (SSSR count). The van der Waals surface area contributed by atoms with Gasteiger partial charge in [-0.25, -0.2) is 9.98 Å². The Morgan fingerprint density at radius 1 is 0.616 bits per heavy atom. The normalized spacial score (nSPS) is 12.6. The second-order valence-electron chi connectivity index (χ2n) is 18.6. The van der Waals surface area contributed by atoms with Crippen molar-refractivity contribution in [3.8, 4) is 35.1 Å². The number of hydrogen-bond donors (Lipinski definition) is 7. The number of nitrogens with zero attached hydrogens (tertiary/aromatic N) is 3. The van der Waals surface area contributed by atoms with Crippen LogP contribution in [0.25, 0.3) is 33.2 Å². The van der Waals surface area contributed by atoms with Gasteiger partial charge in [0.15, 0.2) is 0 Å². The molecule has 1 aromatic heterocycles. The summed E-state index contributed by atoms with van der Waals surface area (Å²) in [5.41, 5.74) is 30.0. The molecule has 1 aliphatic rings. The number of nitrogens with two attached hydrogens (primary N) is 2. The molecule has 2 amide bonds. The van der Waals surface area contributed by atoms with Gasteiger partial charge >= 0.3 is 0 Å². The minimum absolute atomic E-state index is 0.0806. The molecule has 5 aromatic carbocycles. The monoisotopic (exact) mass is 974 g/mol. The van der Waals surface area contributed by atoms with Crippen LogP contribution in [0.3, 0.4) is 0 Å². The van der Waals surface area contributed by atoms with E-state index in [1.54, 1.807) is 6.92 Å². The average Bonchev–Trinajstić information content (AvgIpc) is 3.38. The third-order valence-corrected chi connectivity index (χ3v) is 13.0. The van der Waals surface area contributed by atoms with Crippen LogP contribution in [0.4, 0.5) is 28.4 Å². The first kappa shape index (κ1) is 52.5. The zero-order chi connectivity index (χ0) is 51.9. The van der Waals surface area contributed by atoms with Crippen LogP contribution in [0.5, 0.6) is 0 Å². The van der Waals surface area contributed by atoms with Crippen molar-refractivity contribution in [2.75, 3.05) is 48.3 Å². The maximum atomic E-state index is 12.9. The highest BCUT2D eigenvalue weighted by Crippen LogP contribution is 2.32. The molecule has 1 aliphatic carbocycles. The minimum Gasteiger partial charge on any atom is -0.398 e. The number of carbonyl (C=O) groups is 2. The molecule has 0 saturated carbocycles. The fraction of sp³-hybridized carbons (Fsp3) is 0.295. The Hall–Kier alpha value is -8.35. The smallest absolute Gasteiger partial charge is 0.251 e. The van der Waals surface area contributed by atoms with E-state index in [0.717, 1.165) is 160 Å². The number of aryl methyl sites for hydroxylation is 3. The molecule has 12 heteroatoms. The first-order chi connectivity index (χ1) is 35.3. The van der Waals surface area contributed by atoms with Crippen molar-refractivity contribution in [2.45, 2.75) is 92.9 Å². The van der Waals surface area contributed by atoms with Gasteiger partial charge < -0.3 is 38.1 Å². The number of aromatic nitrogens is 2. The van der Waals surface area contributed by atoms with E-state index >= 15 is 0 Å². The van der Waals surface area contributed by atoms with Crippen LogP contribution >= 0.6 is 0 Å². The van der Waals surface area contributed by atoms with Crippen LogP contribution in [0.2, 0.25) is 0 Å². The number of hydrogen-bond acceptors (Lipinski definition) is 9. The molecule has 1 heterocycles. The number of aliphatic imine (C=N–C) groups is 1. The van der Waals surface area contributed by atoms with Gasteiger partial charge in [0, 0.05) is 85.2 Å². The zero-order valence-electron chi connectivity index (χ0n) is 43.2. The van der Waals surface area contributed by atoms with E-state index in [2.05, 4.69) is 89.1 Å². The zero-order valence-corrected chi connectivity index (χ0v) is 43.2. The van der Waals surface area contributed by atoms with E-state index in [-0.39, 0.29) is 11.8 Å². The molecule has 0 unspecified atom stereocenters. The van der Waals surface area contributed by atoms with Crippen molar-refractivity contribution < 1.29 is 14.2 Å². The van der Waals surface area contributed by atoms with Gasteiger partial charge in [-0.15, -0.1) is 0 Å². The van der Waals surface area contributed by atoms with Crippen molar-refractivity contribution in [3.05, 3.63) is 148 Å². The highest BCUT2D eigenvalue weighted by atomic mass is 16.2. The summed E-state index contributed by atoms with van der Waals surface area (Å²) in [4.78, 5) is 35.7. The van der Waals surface area contributed by atoms with Crippen LogP contribution < -0.4 is 42.6 Å². The Morgan fingerprint density at radius 3 is 1.74 bits per heavy atom. The standard InChI is InChI=1S/C61H68N10O2/c1-8-26-64-54-37-49(62)40(3)32-55(54)69-53-35-42(5)51(34-44(53)7)65-27-14-10-12-16-29-67-60(72)47-22-18-45(19-23-47)46-20-24-48(25-21-46)61(73)68-30-17-13-11-15-28-66-52-39-59-57(36-43(52)6)70-56-33-41(4)50(63)38-58(56)71(59)31-9-2/h18-25,32-39,64-65H,7,10-17,27-30,62H2,1-6H3,(H4,63,66,67,68,72,73)/p+1. The number of nitrogen functional groups attached to an aromatic ring is 2. The van der Waals surface area contributed by atoms with E-state index in [1.807, 2.05) is 104 Å². The maximum Gasteiger partial charge on any atom is 0.251 e. The molecule has 73 heavy (non-hydrogen) atoms. The Labute approximate surface area is 430 Å². The summed E-state index contributed by atoms with van der Waals surface area (Å²) in [5, 5.41) is 16.4. The quantitative estimate of drug-likeness (QED) is 0.00931. The number of allylic oxidation sites excluding steroid dienone is 4. The molecule has 0 radical (unpaired) electrons. The maximum absolute atomic E-state index is 12.9. The van der Waals surface area contributed by atoms with Crippen molar-refractivity contribution >= 4 is 68.0 Å². The fourth-order valence-electron chi connectivity index (χ4n) is 8.68. The second kappa shape index (κ2) is 25.2. The van der Waals surface area contributed by atoms with Gasteiger partial charge in [0.25, 0.3) is 11.8 Å². The highest BCUT2D eigenvalue weighted by molar-refractivity contribution is 6.13. The predicted molar refractivity (Wildman–Crippen MR) is 303 cm³/mol. The SMILES string of the molecule is C=C1C=C(NCCCCCCNC(=O)c2ccc(-c3ccc(C(=O)NCCCCCCNc4cc5c(cc4C)nc4cc(C)c(N)cc4[n+]5C#CC)cc3)cc2)C(C)=CC1=Nc1cc(C)c(N)cc1NC#CC. The minimum atomic E-state index is -0.0821. The van der Waals surface area contributed by atoms with Crippen molar-refractivity contribution in [1.82, 2.24) is 20.9 Å². The van der Waals surface area contributed by atoms with E-state index < -0.39 is 0 Å². The van der Waals surface area contributed by atoms with Crippen LogP contribution in [-0.4, -0.2) is 48.7 Å². The van der Waals surface area contributed by atoms with Gasteiger partial charge in [-0.05, 0) is 166 Å². The van der Waals surface area contributed by atoms with E-state index in [0.29, 0.717) is 29.9 Å². The lowest BCUT2D eigenvalue weighted by molar-refractivity contribution is -0.525. The molecule has 12 nitrogen and oxygen atoms in total. The number of unbranched alkanes of at least 4 members (excludes halogenated alkanes) is 6. The summed E-state index contributed by atoms with van der Waals surface area (Å²) in [6, 6.07) is 33.3. The Balaban J connectivity index is 0.756. The molecule has 6 aromatic rings. The van der Waals surface area contributed by atoms with Crippen LogP contribution in [0, 0.1) is 44.7 Å². The molecule has 0 fully saturated rings. The van der Waals surface area contributed by atoms with Crippen molar-refractivity contribution in [2.24, 2.45) is 4.99 Å². The summed E-state index contributed by atoms with van der Waals surface area (Å²) in [6.07, 6.45) is 12.1. The van der Waals surface area contributed by atoms with Crippen molar-refractivity contribution in [3.63, 3.8) is 0 Å².